The summed E-state index contributed by atoms with van der Waals surface area (Å²) in [6.45, 7) is 6.11. The van der Waals surface area contributed by atoms with Crippen LogP contribution < -0.4 is 5.32 Å². The van der Waals surface area contributed by atoms with Gasteiger partial charge in [0.2, 0.25) is 5.91 Å². The molecule has 0 spiro atoms. The van der Waals surface area contributed by atoms with E-state index < -0.39 is 0 Å². The zero-order valence-corrected chi connectivity index (χ0v) is 15.9. The van der Waals surface area contributed by atoms with Crippen molar-refractivity contribution in [2.75, 3.05) is 32.7 Å². The molecule has 2 aliphatic carbocycles. The quantitative estimate of drug-likeness (QED) is 0.830. The number of piperidine rings is 2. The highest BCUT2D eigenvalue weighted by Gasteiger charge is 2.34. The number of nitrogens with zero attached hydrogens (tertiary/aromatic N) is 2. The van der Waals surface area contributed by atoms with E-state index in [1.165, 1.54) is 90.4 Å². The molecular weight excluding hydrogens is 310 g/mol. The molecule has 0 aromatic heterocycles. The first kappa shape index (κ1) is 17.8. The predicted octanol–water partition coefficient (Wildman–Crippen LogP) is 3.02. The fraction of sp³-hybridized carbons (Fsp3) is 0.952. The second-order valence-electron chi connectivity index (χ2n) is 9.15. The average Bonchev–Trinajstić information content (AvgIpc) is 3.47. The number of hydrogen-bond donors (Lipinski definition) is 1. The summed E-state index contributed by atoms with van der Waals surface area (Å²) in [4.78, 5) is 17.8. The topological polar surface area (TPSA) is 35.6 Å². The van der Waals surface area contributed by atoms with E-state index in [2.05, 4.69) is 15.1 Å². The molecular formula is C21H37N3O. The largest absolute Gasteiger partial charge is 0.353 e. The summed E-state index contributed by atoms with van der Waals surface area (Å²) in [5.74, 6) is 1.55. The standard InChI is InChI=1S/C21H37N3O/c25-21(22-19-8-9-19)18-7-4-12-24(16-18)20-10-13-23(14-11-20)15-17-5-2-1-3-6-17/h17-20H,1-16H2,(H,22,25). The number of amides is 1. The molecule has 2 saturated heterocycles. The normalized spacial score (nSPS) is 31.1. The maximum atomic E-state index is 12.4. The average molecular weight is 348 g/mol. The Hall–Kier alpha value is -0.610. The number of hydrogen-bond acceptors (Lipinski definition) is 3. The van der Waals surface area contributed by atoms with E-state index in [9.17, 15) is 4.79 Å². The molecule has 2 heterocycles. The number of carbonyl (C=O) groups excluding carboxylic acids is 1. The summed E-state index contributed by atoms with van der Waals surface area (Å²) in [7, 11) is 0. The van der Waals surface area contributed by atoms with E-state index >= 15 is 0 Å². The van der Waals surface area contributed by atoms with Gasteiger partial charge in [-0.3, -0.25) is 9.69 Å². The fourth-order valence-electron chi connectivity index (χ4n) is 5.30. The van der Waals surface area contributed by atoms with Gasteiger partial charge in [0.05, 0.1) is 5.92 Å². The minimum atomic E-state index is 0.245. The summed E-state index contributed by atoms with van der Waals surface area (Å²) < 4.78 is 0. The first-order valence-electron chi connectivity index (χ1n) is 11.0. The van der Waals surface area contributed by atoms with Crippen molar-refractivity contribution in [3.63, 3.8) is 0 Å². The monoisotopic (exact) mass is 347 g/mol. The highest BCUT2D eigenvalue weighted by molar-refractivity contribution is 5.79. The van der Waals surface area contributed by atoms with Gasteiger partial charge in [-0.25, -0.2) is 0 Å². The van der Waals surface area contributed by atoms with Crippen molar-refractivity contribution >= 4 is 5.91 Å². The zero-order chi connectivity index (χ0) is 17.1. The van der Waals surface area contributed by atoms with Crippen molar-refractivity contribution in [3.05, 3.63) is 0 Å². The van der Waals surface area contributed by atoms with E-state index in [1.54, 1.807) is 0 Å². The molecule has 4 heteroatoms. The molecule has 4 rings (SSSR count). The smallest absolute Gasteiger partial charge is 0.224 e. The van der Waals surface area contributed by atoms with Crippen molar-refractivity contribution in [1.29, 1.82) is 0 Å². The molecule has 0 aromatic carbocycles. The number of nitrogens with one attached hydrogen (secondary N) is 1. The first-order chi connectivity index (χ1) is 12.3. The molecule has 4 nitrogen and oxygen atoms in total. The SMILES string of the molecule is O=C(NC1CC1)C1CCCN(C2CCN(CC3CCCCC3)CC2)C1. The van der Waals surface area contributed by atoms with E-state index in [-0.39, 0.29) is 5.92 Å². The van der Waals surface area contributed by atoms with E-state index in [0.29, 0.717) is 11.9 Å². The predicted molar refractivity (Wildman–Crippen MR) is 101 cm³/mol. The molecule has 25 heavy (non-hydrogen) atoms. The molecule has 1 atom stereocenters. The third kappa shape index (κ3) is 4.97. The molecule has 4 fully saturated rings. The van der Waals surface area contributed by atoms with Gasteiger partial charge in [0.15, 0.2) is 0 Å². The van der Waals surface area contributed by atoms with Crippen LogP contribution in [0.3, 0.4) is 0 Å². The molecule has 142 valence electrons. The molecule has 1 N–H and O–H groups in total. The van der Waals surface area contributed by atoms with Gasteiger partial charge in [-0.1, -0.05) is 19.3 Å². The van der Waals surface area contributed by atoms with Crippen LogP contribution in [0.4, 0.5) is 0 Å². The Morgan fingerprint density at radius 1 is 0.840 bits per heavy atom. The summed E-state index contributed by atoms with van der Waals surface area (Å²) >= 11 is 0. The summed E-state index contributed by atoms with van der Waals surface area (Å²) in [6, 6.07) is 1.23. The summed E-state index contributed by atoms with van der Waals surface area (Å²) in [5, 5.41) is 3.23. The van der Waals surface area contributed by atoms with Crippen LogP contribution in [-0.4, -0.2) is 60.5 Å². The number of likely N-dealkylation sites (tertiary alicyclic amines) is 2. The first-order valence-corrected chi connectivity index (χ1v) is 11.0. The van der Waals surface area contributed by atoms with Crippen molar-refractivity contribution in [2.45, 2.75) is 82.7 Å². The van der Waals surface area contributed by atoms with Crippen LogP contribution in [0.2, 0.25) is 0 Å². The van der Waals surface area contributed by atoms with Crippen LogP contribution in [0.1, 0.15) is 70.6 Å². The molecule has 1 amide bonds. The van der Waals surface area contributed by atoms with Crippen molar-refractivity contribution in [1.82, 2.24) is 15.1 Å². The van der Waals surface area contributed by atoms with Gasteiger partial charge < -0.3 is 10.2 Å². The fourth-order valence-corrected chi connectivity index (χ4v) is 5.30. The van der Waals surface area contributed by atoms with E-state index in [0.717, 1.165) is 24.9 Å². The Balaban J connectivity index is 1.20. The molecule has 0 aromatic rings. The Labute approximate surface area is 153 Å². The van der Waals surface area contributed by atoms with E-state index in [4.69, 9.17) is 0 Å². The minimum absolute atomic E-state index is 0.245. The van der Waals surface area contributed by atoms with Gasteiger partial charge in [0, 0.05) is 25.2 Å². The molecule has 2 aliphatic heterocycles. The molecule has 1 unspecified atom stereocenters. The van der Waals surface area contributed by atoms with Crippen molar-refractivity contribution < 1.29 is 4.79 Å². The molecule has 4 aliphatic rings. The molecule has 2 saturated carbocycles. The third-order valence-corrected chi connectivity index (χ3v) is 7.06. The van der Waals surface area contributed by atoms with Crippen LogP contribution in [-0.2, 0) is 4.79 Å². The van der Waals surface area contributed by atoms with Crippen LogP contribution in [0, 0.1) is 11.8 Å². The maximum Gasteiger partial charge on any atom is 0.224 e. The highest BCUT2D eigenvalue weighted by atomic mass is 16.2. The molecule has 0 bridgehead atoms. The van der Waals surface area contributed by atoms with Crippen LogP contribution in [0.5, 0.6) is 0 Å². The summed E-state index contributed by atoms with van der Waals surface area (Å²) in [6.07, 6.45) is 14.6. The lowest BCUT2D eigenvalue weighted by molar-refractivity contribution is -0.127. The number of rotatable bonds is 5. The van der Waals surface area contributed by atoms with Gasteiger partial charge in [0.25, 0.3) is 0 Å². The maximum absolute atomic E-state index is 12.4. The van der Waals surface area contributed by atoms with Crippen molar-refractivity contribution in [2.24, 2.45) is 11.8 Å². The Morgan fingerprint density at radius 2 is 1.60 bits per heavy atom. The van der Waals surface area contributed by atoms with Gasteiger partial charge >= 0.3 is 0 Å². The van der Waals surface area contributed by atoms with Gasteiger partial charge in [-0.05, 0) is 76.9 Å². The van der Waals surface area contributed by atoms with Crippen molar-refractivity contribution in [3.8, 4) is 0 Å². The number of carbonyl (C=O) groups is 1. The second kappa shape index (κ2) is 8.39. The Kier molecular flexibility index (Phi) is 5.97. The van der Waals surface area contributed by atoms with Gasteiger partial charge in [0.1, 0.15) is 0 Å². The lowest BCUT2D eigenvalue weighted by Gasteiger charge is -2.42. The molecule has 0 radical (unpaired) electrons. The lowest BCUT2D eigenvalue weighted by atomic mass is 9.88. The minimum Gasteiger partial charge on any atom is -0.353 e. The lowest BCUT2D eigenvalue weighted by Crippen LogP contribution is -2.51. The van der Waals surface area contributed by atoms with Gasteiger partial charge in [-0.2, -0.15) is 0 Å². The van der Waals surface area contributed by atoms with Crippen LogP contribution in [0.15, 0.2) is 0 Å². The Morgan fingerprint density at radius 3 is 2.32 bits per heavy atom. The third-order valence-electron chi connectivity index (χ3n) is 7.06. The second-order valence-corrected chi connectivity index (χ2v) is 9.15. The zero-order valence-electron chi connectivity index (χ0n) is 15.9. The van der Waals surface area contributed by atoms with Crippen LogP contribution in [0.25, 0.3) is 0 Å². The van der Waals surface area contributed by atoms with Gasteiger partial charge in [-0.15, -0.1) is 0 Å². The van der Waals surface area contributed by atoms with E-state index in [1.807, 2.05) is 0 Å². The summed E-state index contributed by atoms with van der Waals surface area (Å²) in [5.41, 5.74) is 0. The Bertz CT molecular complexity index is 436. The van der Waals surface area contributed by atoms with Crippen LogP contribution >= 0.6 is 0 Å². The highest BCUT2D eigenvalue weighted by Crippen LogP contribution is 2.28.